The number of aromatic nitrogens is 6. The quantitative estimate of drug-likeness (QED) is 0.480. The zero-order valence-electron chi connectivity index (χ0n) is 19.1. The van der Waals surface area contributed by atoms with Crippen LogP contribution >= 0.6 is 11.6 Å². The minimum absolute atomic E-state index is 0.158. The van der Waals surface area contributed by atoms with Crippen molar-refractivity contribution >= 4 is 34.4 Å². The number of nitrogens with zero attached hydrogens (tertiary/aromatic N) is 7. The fraction of sp³-hybridized carbons (Fsp3) is 0.375. The van der Waals surface area contributed by atoms with Gasteiger partial charge in [-0.2, -0.15) is 9.97 Å². The number of fused-ring (bicyclic) bond motifs is 3. The molecule has 9 nitrogen and oxygen atoms in total. The molecule has 5 heterocycles. The van der Waals surface area contributed by atoms with Gasteiger partial charge in [-0.1, -0.05) is 11.6 Å². The predicted molar refractivity (Wildman–Crippen MR) is 131 cm³/mol. The summed E-state index contributed by atoms with van der Waals surface area (Å²) >= 11 is 6.34. The van der Waals surface area contributed by atoms with Crippen molar-refractivity contribution in [2.45, 2.75) is 26.3 Å². The molecule has 0 radical (unpaired) electrons. The van der Waals surface area contributed by atoms with E-state index in [0.717, 1.165) is 59.2 Å². The summed E-state index contributed by atoms with van der Waals surface area (Å²) in [7, 11) is 0. The first kappa shape index (κ1) is 21.2. The highest BCUT2D eigenvalue weighted by atomic mass is 35.5. The lowest BCUT2D eigenvalue weighted by atomic mass is 9.94. The number of benzene rings is 1. The molecule has 1 saturated heterocycles. The van der Waals surface area contributed by atoms with Gasteiger partial charge in [-0.25, -0.2) is 15.0 Å². The maximum absolute atomic E-state index is 6.34. The third-order valence-electron chi connectivity index (χ3n) is 6.46. The Bertz CT molecular complexity index is 1330. The van der Waals surface area contributed by atoms with E-state index in [0.29, 0.717) is 30.8 Å². The summed E-state index contributed by atoms with van der Waals surface area (Å²) in [4.78, 5) is 31.2. The smallest absolute Gasteiger partial charge is 0.229 e. The standard InChI is InChI=1S/C24H25ClN8O/c1-14-28-15(2)30-24(29-14)33-6-5-18-19-11-17(25)3-4-20(19)31-21(18)22(33)16-12-26-23(27-13-16)32-7-9-34-10-8-32/h3-4,11-13,22,31H,5-10H2,1-2H3. The summed E-state index contributed by atoms with van der Waals surface area (Å²) in [6.45, 7) is 7.53. The van der Waals surface area contributed by atoms with Crippen molar-refractivity contribution in [2.24, 2.45) is 0 Å². The van der Waals surface area contributed by atoms with E-state index in [4.69, 9.17) is 26.3 Å². The van der Waals surface area contributed by atoms with Gasteiger partial charge in [0.05, 0.1) is 13.2 Å². The third-order valence-corrected chi connectivity index (χ3v) is 6.70. The van der Waals surface area contributed by atoms with Crippen LogP contribution in [0.4, 0.5) is 11.9 Å². The van der Waals surface area contributed by atoms with Crippen LogP contribution in [0, 0.1) is 13.8 Å². The Labute approximate surface area is 202 Å². The molecule has 1 atom stereocenters. The van der Waals surface area contributed by atoms with Crippen LogP contribution in [0.2, 0.25) is 5.02 Å². The van der Waals surface area contributed by atoms with Crippen molar-refractivity contribution < 1.29 is 4.74 Å². The van der Waals surface area contributed by atoms with E-state index < -0.39 is 0 Å². The Balaban J connectivity index is 1.46. The Morgan fingerprint density at radius 1 is 0.971 bits per heavy atom. The SMILES string of the molecule is Cc1nc(C)nc(N2CCc3c([nH]c4ccc(Cl)cc34)C2c2cnc(N3CCOCC3)nc2)n1. The molecule has 0 bridgehead atoms. The van der Waals surface area contributed by atoms with Gasteiger partial charge in [-0.3, -0.25) is 0 Å². The Morgan fingerprint density at radius 2 is 1.71 bits per heavy atom. The van der Waals surface area contributed by atoms with Gasteiger partial charge in [-0.15, -0.1) is 0 Å². The van der Waals surface area contributed by atoms with E-state index >= 15 is 0 Å². The second-order valence-electron chi connectivity index (χ2n) is 8.70. The van der Waals surface area contributed by atoms with Crippen molar-refractivity contribution in [1.82, 2.24) is 29.9 Å². The van der Waals surface area contributed by atoms with Gasteiger partial charge in [0.2, 0.25) is 11.9 Å². The zero-order chi connectivity index (χ0) is 23.2. The summed E-state index contributed by atoms with van der Waals surface area (Å²) < 4.78 is 5.46. The number of ether oxygens (including phenoxy) is 1. The van der Waals surface area contributed by atoms with Gasteiger partial charge in [0, 0.05) is 59.2 Å². The highest BCUT2D eigenvalue weighted by Crippen LogP contribution is 2.40. The fourth-order valence-electron chi connectivity index (χ4n) is 4.95. The van der Waals surface area contributed by atoms with Gasteiger partial charge < -0.3 is 19.5 Å². The van der Waals surface area contributed by atoms with E-state index in [1.54, 1.807) is 0 Å². The van der Waals surface area contributed by atoms with Crippen molar-refractivity contribution in [1.29, 1.82) is 0 Å². The molecular weight excluding hydrogens is 452 g/mol. The Hall–Kier alpha value is -3.30. The molecular formula is C24H25ClN8O. The fourth-order valence-corrected chi connectivity index (χ4v) is 5.12. The minimum Gasteiger partial charge on any atom is -0.378 e. The van der Waals surface area contributed by atoms with E-state index in [1.807, 2.05) is 44.4 Å². The maximum atomic E-state index is 6.34. The van der Waals surface area contributed by atoms with Crippen LogP contribution < -0.4 is 9.80 Å². The lowest BCUT2D eigenvalue weighted by Crippen LogP contribution is -2.39. The molecule has 1 fully saturated rings. The molecule has 0 saturated carbocycles. The summed E-state index contributed by atoms with van der Waals surface area (Å²) in [6, 6.07) is 5.83. The van der Waals surface area contributed by atoms with Crippen LogP contribution in [0.5, 0.6) is 0 Å². The third kappa shape index (κ3) is 3.74. The first-order chi connectivity index (χ1) is 16.6. The molecule has 0 amide bonds. The van der Waals surface area contributed by atoms with Crippen molar-refractivity contribution in [3.63, 3.8) is 0 Å². The van der Waals surface area contributed by atoms with Crippen LogP contribution in [-0.4, -0.2) is 62.8 Å². The number of anilines is 2. The molecule has 2 aliphatic heterocycles. The minimum atomic E-state index is -0.158. The second-order valence-corrected chi connectivity index (χ2v) is 9.14. The van der Waals surface area contributed by atoms with Crippen LogP contribution in [0.25, 0.3) is 10.9 Å². The number of morpholine rings is 1. The second kappa shape index (κ2) is 8.48. The van der Waals surface area contributed by atoms with E-state index in [9.17, 15) is 0 Å². The van der Waals surface area contributed by atoms with Crippen molar-refractivity contribution in [3.05, 3.63) is 64.1 Å². The van der Waals surface area contributed by atoms with Gasteiger partial charge in [0.15, 0.2) is 0 Å². The first-order valence-electron chi connectivity index (χ1n) is 11.5. The topological polar surface area (TPSA) is 96.0 Å². The molecule has 3 aromatic heterocycles. The van der Waals surface area contributed by atoms with Crippen LogP contribution in [0.15, 0.2) is 30.6 Å². The predicted octanol–water partition coefficient (Wildman–Crippen LogP) is 3.40. The molecule has 6 rings (SSSR count). The van der Waals surface area contributed by atoms with Gasteiger partial charge in [-0.05, 0) is 44.0 Å². The molecule has 4 aromatic rings. The van der Waals surface area contributed by atoms with Crippen LogP contribution in [0.3, 0.4) is 0 Å². The van der Waals surface area contributed by atoms with E-state index in [2.05, 4.69) is 29.7 Å². The van der Waals surface area contributed by atoms with Crippen molar-refractivity contribution in [2.75, 3.05) is 42.6 Å². The zero-order valence-corrected chi connectivity index (χ0v) is 19.9. The van der Waals surface area contributed by atoms with E-state index in [1.165, 1.54) is 5.56 Å². The number of nitrogens with one attached hydrogen (secondary N) is 1. The number of aromatic amines is 1. The molecule has 0 spiro atoms. The molecule has 34 heavy (non-hydrogen) atoms. The molecule has 2 aliphatic rings. The number of halogens is 1. The molecule has 0 aliphatic carbocycles. The van der Waals surface area contributed by atoms with Crippen molar-refractivity contribution in [3.8, 4) is 0 Å². The molecule has 174 valence electrons. The maximum Gasteiger partial charge on any atom is 0.229 e. The highest BCUT2D eigenvalue weighted by molar-refractivity contribution is 6.31. The highest BCUT2D eigenvalue weighted by Gasteiger charge is 2.34. The summed E-state index contributed by atoms with van der Waals surface area (Å²) in [5.41, 5.74) is 4.40. The van der Waals surface area contributed by atoms with Crippen LogP contribution in [0.1, 0.15) is 34.5 Å². The number of hydrogen-bond acceptors (Lipinski definition) is 8. The number of aryl methyl sites for hydroxylation is 2. The normalized spacial score (nSPS) is 18.4. The molecule has 1 aromatic carbocycles. The number of rotatable bonds is 3. The average Bonchev–Trinajstić information content (AvgIpc) is 3.21. The van der Waals surface area contributed by atoms with Gasteiger partial charge >= 0.3 is 0 Å². The van der Waals surface area contributed by atoms with Gasteiger partial charge in [0.25, 0.3) is 0 Å². The van der Waals surface area contributed by atoms with Crippen LogP contribution in [-0.2, 0) is 11.2 Å². The van der Waals surface area contributed by atoms with Gasteiger partial charge in [0.1, 0.15) is 17.7 Å². The Kier molecular flexibility index (Phi) is 5.30. The molecule has 1 N–H and O–H groups in total. The summed E-state index contributed by atoms with van der Waals surface area (Å²) in [5.74, 6) is 2.79. The molecule has 10 heteroatoms. The first-order valence-corrected chi connectivity index (χ1v) is 11.8. The monoisotopic (exact) mass is 476 g/mol. The largest absolute Gasteiger partial charge is 0.378 e. The Morgan fingerprint density at radius 3 is 2.44 bits per heavy atom. The number of hydrogen-bond donors (Lipinski definition) is 1. The average molecular weight is 477 g/mol. The summed E-state index contributed by atoms with van der Waals surface area (Å²) in [6.07, 6.45) is 4.69. The number of H-pyrrole nitrogens is 1. The molecule has 1 unspecified atom stereocenters. The van der Waals surface area contributed by atoms with E-state index in [-0.39, 0.29) is 6.04 Å². The summed E-state index contributed by atoms with van der Waals surface area (Å²) in [5, 5.41) is 1.89. The lowest BCUT2D eigenvalue weighted by Gasteiger charge is -2.36. The lowest BCUT2D eigenvalue weighted by molar-refractivity contribution is 0.122.